The van der Waals surface area contributed by atoms with E-state index in [2.05, 4.69) is 14.7 Å². The predicted molar refractivity (Wildman–Crippen MR) is 105 cm³/mol. The molecule has 0 aliphatic carbocycles. The van der Waals surface area contributed by atoms with Crippen LogP contribution in [0.5, 0.6) is 0 Å². The third-order valence-electron chi connectivity index (χ3n) is 3.63. The van der Waals surface area contributed by atoms with Gasteiger partial charge in [0.15, 0.2) is 0 Å². The van der Waals surface area contributed by atoms with Crippen LogP contribution < -0.4 is 4.72 Å². The molecule has 0 aliphatic rings. The van der Waals surface area contributed by atoms with E-state index < -0.39 is 10.0 Å². The summed E-state index contributed by atoms with van der Waals surface area (Å²) in [5, 5.41) is 1.14. The van der Waals surface area contributed by atoms with Crippen LogP contribution in [0, 0.1) is 0 Å². The molecule has 5 nitrogen and oxygen atoms in total. The summed E-state index contributed by atoms with van der Waals surface area (Å²) in [5.74, 6) is 0. The van der Waals surface area contributed by atoms with Gasteiger partial charge >= 0.3 is 0 Å². The number of fused-ring (bicyclic) bond motifs is 1. The molecule has 0 radical (unpaired) electrons. The molecule has 4 rings (SSSR count). The molecule has 2 aromatic heterocycles. The fraction of sp³-hybridized carbons (Fsp3) is 0. The van der Waals surface area contributed by atoms with E-state index in [1.165, 1.54) is 23.5 Å². The van der Waals surface area contributed by atoms with Gasteiger partial charge in [-0.05, 0) is 42.5 Å². The molecule has 4 aromatic rings. The van der Waals surface area contributed by atoms with Crippen molar-refractivity contribution in [2.24, 2.45) is 0 Å². The number of benzene rings is 2. The van der Waals surface area contributed by atoms with Crippen molar-refractivity contribution >= 4 is 49.0 Å². The number of nitrogens with zero attached hydrogens (tertiary/aromatic N) is 2. The van der Waals surface area contributed by atoms with Gasteiger partial charge < -0.3 is 0 Å². The number of pyridine rings is 1. The zero-order valence-corrected chi connectivity index (χ0v) is 15.6. The zero-order valence-electron chi connectivity index (χ0n) is 13.3. The highest BCUT2D eigenvalue weighted by atomic mass is 35.5. The van der Waals surface area contributed by atoms with Crippen LogP contribution in [0.25, 0.3) is 20.9 Å². The molecule has 8 heteroatoms. The molecular formula is C18H12ClN3O2S2. The molecule has 2 aromatic carbocycles. The fourth-order valence-electron chi connectivity index (χ4n) is 2.46. The highest BCUT2D eigenvalue weighted by Crippen LogP contribution is 2.30. The Kier molecular flexibility index (Phi) is 4.36. The molecule has 1 N–H and O–H groups in total. The lowest BCUT2D eigenvalue weighted by atomic mass is 10.2. The number of anilines is 1. The second-order valence-corrected chi connectivity index (χ2v) is 8.59. The number of nitrogens with one attached hydrogen (secondary N) is 1. The quantitative estimate of drug-likeness (QED) is 0.532. The van der Waals surface area contributed by atoms with Crippen molar-refractivity contribution in [2.45, 2.75) is 4.90 Å². The summed E-state index contributed by atoms with van der Waals surface area (Å²) in [6, 6.07) is 17.0. The minimum Gasteiger partial charge on any atom is -0.280 e. The van der Waals surface area contributed by atoms with Crippen LogP contribution >= 0.6 is 22.9 Å². The summed E-state index contributed by atoms with van der Waals surface area (Å²) >= 11 is 7.35. The molecule has 0 aliphatic heterocycles. The van der Waals surface area contributed by atoms with Crippen molar-refractivity contribution in [1.82, 2.24) is 9.97 Å². The molecule has 0 saturated carbocycles. The van der Waals surface area contributed by atoms with Gasteiger partial charge in [-0.3, -0.25) is 4.72 Å². The minimum atomic E-state index is -3.72. The number of hydrogen-bond acceptors (Lipinski definition) is 5. The maximum atomic E-state index is 12.5. The lowest BCUT2D eigenvalue weighted by Crippen LogP contribution is -2.12. The smallest absolute Gasteiger partial charge is 0.261 e. The zero-order chi connectivity index (χ0) is 18.1. The van der Waals surface area contributed by atoms with Gasteiger partial charge in [0.2, 0.25) is 0 Å². The van der Waals surface area contributed by atoms with Gasteiger partial charge in [-0.15, -0.1) is 0 Å². The number of thiazole rings is 1. The summed E-state index contributed by atoms with van der Waals surface area (Å²) < 4.78 is 27.7. The first-order chi connectivity index (χ1) is 12.5. The predicted octanol–water partition coefficient (Wildman–Crippen LogP) is 4.81. The van der Waals surface area contributed by atoms with E-state index in [1.807, 2.05) is 18.2 Å². The fourth-order valence-corrected chi connectivity index (χ4v) is 4.71. The Balaban J connectivity index is 1.67. The van der Waals surface area contributed by atoms with Crippen LogP contribution in [0.4, 0.5) is 5.69 Å². The SMILES string of the molecule is O=S(=O)(Nc1cccc(-c2nc3cccnc3s2)c1)c1cccc(Cl)c1. The Bertz CT molecular complexity index is 1170. The van der Waals surface area contributed by atoms with Crippen molar-refractivity contribution in [3.05, 3.63) is 71.9 Å². The molecule has 0 unspecified atom stereocenters. The molecule has 130 valence electrons. The maximum Gasteiger partial charge on any atom is 0.261 e. The lowest BCUT2D eigenvalue weighted by Gasteiger charge is -2.09. The van der Waals surface area contributed by atoms with Crippen LogP contribution in [0.3, 0.4) is 0 Å². The van der Waals surface area contributed by atoms with E-state index >= 15 is 0 Å². The van der Waals surface area contributed by atoms with Crippen molar-refractivity contribution in [2.75, 3.05) is 4.72 Å². The second-order valence-electron chi connectivity index (χ2n) is 5.49. The van der Waals surface area contributed by atoms with E-state index in [9.17, 15) is 8.42 Å². The van der Waals surface area contributed by atoms with E-state index in [-0.39, 0.29) is 4.90 Å². The average Bonchev–Trinajstić information content (AvgIpc) is 3.06. The van der Waals surface area contributed by atoms with Crippen molar-refractivity contribution in [3.63, 3.8) is 0 Å². The van der Waals surface area contributed by atoms with Crippen LogP contribution in [-0.4, -0.2) is 18.4 Å². The first kappa shape index (κ1) is 17.0. The molecule has 0 amide bonds. The number of halogens is 1. The minimum absolute atomic E-state index is 0.111. The van der Waals surface area contributed by atoms with Crippen LogP contribution in [0.15, 0.2) is 71.8 Å². The number of hydrogen-bond donors (Lipinski definition) is 1. The number of rotatable bonds is 4. The Morgan fingerprint density at radius 2 is 1.85 bits per heavy atom. The molecule has 0 saturated heterocycles. The molecule has 26 heavy (non-hydrogen) atoms. The Morgan fingerprint density at radius 1 is 1.00 bits per heavy atom. The van der Waals surface area contributed by atoms with E-state index in [4.69, 9.17) is 11.6 Å². The Hall–Kier alpha value is -2.48. The van der Waals surface area contributed by atoms with Gasteiger partial charge in [-0.2, -0.15) is 0 Å². The van der Waals surface area contributed by atoms with E-state index in [0.717, 1.165) is 20.9 Å². The molecule has 0 atom stereocenters. The monoisotopic (exact) mass is 401 g/mol. The van der Waals surface area contributed by atoms with Crippen LogP contribution in [0.1, 0.15) is 0 Å². The highest BCUT2D eigenvalue weighted by Gasteiger charge is 2.15. The summed E-state index contributed by atoms with van der Waals surface area (Å²) in [6.07, 6.45) is 1.72. The average molecular weight is 402 g/mol. The molecule has 0 bridgehead atoms. The van der Waals surface area contributed by atoms with E-state index in [1.54, 1.807) is 36.5 Å². The van der Waals surface area contributed by atoms with Gasteiger partial charge in [-0.25, -0.2) is 18.4 Å². The first-order valence-electron chi connectivity index (χ1n) is 7.62. The Labute approximate surface area is 159 Å². The summed E-state index contributed by atoms with van der Waals surface area (Å²) in [7, 11) is -3.72. The van der Waals surface area contributed by atoms with Crippen molar-refractivity contribution in [1.29, 1.82) is 0 Å². The Morgan fingerprint density at radius 3 is 2.65 bits per heavy atom. The van der Waals surface area contributed by atoms with Crippen LogP contribution in [-0.2, 0) is 10.0 Å². The number of sulfonamides is 1. The second kappa shape index (κ2) is 6.68. The summed E-state index contributed by atoms with van der Waals surface area (Å²) in [6.45, 7) is 0. The van der Waals surface area contributed by atoms with Gasteiger partial charge in [0.1, 0.15) is 15.4 Å². The first-order valence-corrected chi connectivity index (χ1v) is 10.3. The normalized spacial score (nSPS) is 11.6. The molecule has 0 spiro atoms. The van der Waals surface area contributed by atoms with Crippen molar-refractivity contribution in [3.8, 4) is 10.6 Å². The maximum absolute atomic E-state index is 12.5. The van der Waals surface area contributed by atoms with E-state index in [0.29, 0.717) is 10.7 Å². The molecule has 2 heterocycles. The van der Waals surface area contributed by atoms with Gasteiger partial charge in [-0.1, -0.05) is 41.1 Å². The number of aromatic nitrogens is 2. The third-order valence-corrected chi connectivity index (χ3v) is 6.28. The van der Waals surface area contributed by atoms with Gasteiger partial charge in [0, 0.05) is 22.5 Å². The van der Waals surface area contributed by atoms with Gasteiger partial charge in [0.25, 0.3) is 10.0 Å². The molecular weight excluding hydrogens is 390 g/mol. The topological polar surface area (TPSA) is 72.0 Å². The lowest BCUT2D eigenvalue weighted by molar-refractivity contribution is 0.601. The van der Waals surface area contributed by atoms with Crippen LogP contribution in [0.2, 0.25) is 5.02 Å². The van der Waals surface area contributed by atoms with Crippen molar-refractivity contribution < 1.29 is 8.42 Å². The summed E-state index contributed by atoms with van der Waals surface area (Å²) in [4.78, 5) is 9.79. The highest BCUT2D eigenvalue weighted by molar-refractivity contribution is 7.92. The third kappa shape index (κ3) is 3.41. The van der Waals surface area contributed by atoms with Gasteiger partial charge in [0.05, 0.1) is 4.90 Å². The largest absolute Gasteiger partial charge is 0.280 e. The molecule has 0 fully saturated rings. The standard InChI is InChI=1S/C18H12ClN3O2S2/c19-13-5-2-7-15(11-13)26(23,24)22-14-6-1-4-12(10-14)17-21-16-8-3-9-20-18(16)25-17/h1-11,22H. The summed E-state index contributed by atoms with van der Waals surface area (Å²) in [5.41, 5.74) is 2.09.